The fourth-order valence-electron chi connectivity index (χ4n) is 4.24. The molecule has 2 N–H and O–H groups in total. The number of fused-ring (bicyclic) bond motifs is 1. The van der Waals surface area contributed by atoms with Crippen molar-refractivity contribution < 1.29 is 13.5 Å². The molecule has 5 rings (SSSR count). The van der Waals surface area contributed by atoms with E-state index >= 15 is 0 Å². The van der Waals surface area contributed by atoms with Crippen LogP contribution in [0.5, 0.6) is 0 Å². The molecule has 4 aromatic rings. The number of anilines is 2. The molecule has 0 saturated carbocycles. The SMILES string of the molecule is Cc1nn2c(Nc3ccc(S(=O)(=O)N4CCC[C@H]4CO)cc3)cc(-c3ccccc3)nc2c1Br. The second kappa shape index (κ2) is 9.10. The molecule has 3 heterocycles. The third kappa shape index (κ3) is 4.11. The number of nitrogens with zero attached hydrogens (tertiary/aromatic N) is 4. The largest absolute Gasteiger partial charge is 0.395 e. The van der Waals surface area contributed by atoms with Crippen LogP contribution in [0.3, 0.4) is 0 Å². The Hall–Kier alpha value is -2.79. The first-order valence-corrected chi connectivity index (χ1v) is 13.2. The van der Waals surface area contributed by atoms with Crippen molar-refractivity contribution in [1.82, 2.24) is 18.9 Å². The summed E-state index contributed by atoms with van der Waals surface area (Å²) in [5, 5.41) is 17.5. The highest BCUT2D eigenvalue weighted by Crippen LogP contribution is 2.31. The van der Waals surface area contributed by atoms with Gasteiger partial charge in [0.15, 0.2) is 5.65 Å². The number of sulfonamides is 1. The van der Waals surface area contributed by atoms with Gasteiger partial charge in [-0.1, -0.05) is 30.3 Å². The van der Waals surface area contributed by atoms with Crippen molar-refractivity contribution in [3.8, 4) is 11.3 Å². The second-order valence-electron chi connectivity index (χ2n) is 8.27. The lowest BCUT2D eigenvalue weighted by Gasteiger charge is -2.22. The molecule has 1 atom stereocenters. The summed E-state index contributed by atoms with van der Waals surface area (Å²) in [6.07, 6.45) is 1.43. The van der Waals surface area contributed by atoms with Gasteiger partial charge in [0.2, 0.25) is 10.0 Å². The minimum atomic E-state index is -3.66. The van der Waals surface area contributed by atoms with Gasteiger partial charge in [-0.3, -0.25) is 0 Å². The maximum Gasteiger partial charge on any atom is 0.243 e. The van der Waals surface area contributed by atoms with Crippen LogP contribution >= 0.6 is 15.9 Å². The average Bonchev–Trinajstić information content (AvgIpc) is 3.45. The van der Waals surface area contributed by atoms with E-state index in [1.54, 1.807) is 28.8 Å². The zero-order chi connectivity index (χ0) is 23.9. The zero-order valence-corrected chi connectivity index (χ0v) is 20.9. The summed E-state index contributed by atoms with van der Waals surface area (Å²) in [6, 6.07) is 18.1. The number of halogens is 1. The highest BCUT2D eigenvalue weighted by molar-refractivity contribution is 9.10. The minimum absolute atomic E-state index is 0.167. The van der Waals surface area contributed by atoms with Crippen LogP contribution in [-0.4, -0.2) is 51.6 Å². The Morgan fingerprint density at radius 3 is 2.59 bits per heavy atom. The van der Waals surface area contributed by atoms with Gasteiger partial charge in [-0.2, -0.15) is 13.9 Å². The third-order valence-electron chi connectivity index (χ3n) is 6.03. The standard InChI is InChI=1S/C24H24BrN5O3S/c1-16-23(25)24-27-21(17-6-3-2-4-7-17)14-22(30(24)28-16)26-18-9-11-20(12-10-18)34(32,33)29-13-5-8-19(29)15-31/h2-4,6-7,9-12,14,19,26,31H,5,8,13,15H2,1H3/t19-/m0/s1. The zero-order valence-electron chi connectivity index (χ0n) is 18.5. The summed E-state index contributed by atoms with van der Waals surface area (Å²) in [5.41, 5.74) is 3.98. The molecule has 176 valence electrons. The van der Waals surface area contributed by atoms with Gasteiger partial charge < -0.3 is 10.4 Å². The predicted octanol–water partition coefficient (Wildman–Crippen LogP) is 4.36. The molecule has 1 aliphatic rings. The van der Waals surface area contributed by atoms with E-state index in [-0.39, 0.29) is 17.5 Å². The van der Waals surface area contributed by atoms with Crippen molar-refractivity contribution in [3.05, 3.63) is 70.8 Å². The van der Waals surface area contributed by atoms with Crippen molar-refractivity contribution in [1.29, 1.82) is 0 Å². The van der Waals surface area contributed by atoms with Crippen molar-refractivity contribution in [2.24, 2.45) is 0 Å². The number of aliphatic hydroxyl groups is 1. The monoisotopic (exact) mass is 541 g/mol. The molecule has 1 aliphatic heterocycles. The number of aryl methyl sites for hydroxylation is 1. The number of hydrogen-bond acceptors (Lipinski definition) is 6. The Balaban J connectivity index is 1.49. The summed E-state index contributed by atoms with van der Waals surface area (Å²) in [5.74, 6) is 0.702. The Bertz CT molecular complexity index is 1440. The lowest BCUT2D eigenvalue weighted by atomic mass is 10.1. The quantitative estimate of drug-likeness (QED) is 0.376. The number of hydrogen-bond donors (Lipinski definition) is 2. The van der Waals surface area contributed by atoms with E-state index in [9.17, 15) is 13.5 Å². The maximum absolute atomic E-state index is 13.1. The Morgan fingerprint density at radius 1 is 1.15 bits per heavy atom. The molecular weight excluding hydrogens is 518 g/mol. The van der Waals surface area contributed by atoms with Crippen LogP contribution in [0.4, 0.5) is 11.5 Å². The molecule has 34 heavy (non-hydrogen) atoms. The maximum atomic E-state index is 13.1. The van der Waals surface area contributed by atoms with E-state index in [0.29, 0.717) is 24.4 Å². The molecule has 1 saturated heterocycles. The van der Waals surface area contributed by atoms with Crippen LogP contribution in [0.2, 0.25) is 0 Å². The molecule has 0 radical (unpaired) electrons. The van der Waals surface area contributed by atoms with Gasteiger partial charge in [-0.15, -0.1) is 0 Å². The highest BCUT2D eigenvalue weighted by Gasteiger charge is 2.34. The number of benzene rings is 2. The van der Waals surface area contributed by atoms with Crippen molar-refractivity contribution >= 4 is 43.1 Å². The van der Waals surface area contributed by atoms with Crippen molar-refractivity contribution in [2.45, 2.75) is 30.7 Å². The number of aromatic nitrogens is 3. The van der Waals surface area contributed by atoms with Crippen LogP contribution < -0.4 is 5.32 Å². The van der Waals surface area contributed by atoms with Gasteiger partial charge in [0.1, 0.15) is 5.82 Å². The summed E-state index contributed by atoms with van der Waals surface area (Å²) >= 11 is 3.59. The fraction of sp³-hybridized carbons (Fsp3) is 0.250. The fourth-order valence-corrected chi connectivity index (χ4v) is 6.27. The molecule has 0 amide bonds. The van der Waals surface area contributed by atoms with Gasteiger partial charge in [0.05, 0.1) is 27.4 Å². The second-order valence-corrected chi connectivity index (χ2v) is 11.0. The molecular formula is C24H24BrN5O3S. The number of rotatable bonds is 6. The first-order valence-electron chi connectivity index (χ1n) is 11.0. The van der Waals surface area contributed by atoms with Crippen LogP contribution in [0, 0.1) is 6.92 Å². The highest BCUT2D eigenvalue weighted by atomic mass is 79.9. The number of nitrogens with one attached hydrogen (secondary N) is 1. The van der Waals surface area contributed by atoms with Crippen LogP contribution in [0.25, 0.3) is 16.9 Å². The smallest absolute Gasteiger partial charge is 0.243 e. The first-order chi connectivity index (χ1) is 16.4. The van der Waals surface area contributed by atoms with Gasteiger partial charge in [0.25, 0.3) is 0 Å². The van der Waals surface area contributed by atoms with Gasteiger partial charge in [0, 0.05) is 29.9 Å². The van der Waals surface area contributed by atoms with Crippen LogP contribution in [0.15, 0.2) is 70.0 Å². The Morgan fingerprint density at radius 2 is 1.88 bits per heavy atom. The van der Waals surface area contributed by atoms with Crippen LogP contribution in [0.1, 0.15) is 18.5 Å². The molecule has 0 unspecified atom stereocenters. The Kier molecular flexibility index (Phi) is 6.15. The molecule has 1 fully saturated rings. The normalized spacial score (nSPS) is 16.9. The predicted molar refractivity (Wildman–Crippen MR) is 135 cm³/mol. The lowest BCUT2D eigenvalue weighted by Crippen LogP contribution is -2.37. The van der Waals surface area contributed by atoms with Crippen LogP contribution in [-0.2, 0) is 10.0 Å². The first kappa shape index (κ1) is 23.0. The van der Waals surface area contributed by atoms with E-state index in [4.69, 9.17) is 4.98 Å². The van der Waals surface area contributed by atoms with E-state index < -0.39 is 10.0 Å². The molecule has 10 heteroatoms. The summed E-state index contributed by atoms with van der Waals surface area (Å²) in [4.78, 5) is 4.99. The van der Waals surface area contributed by atoms with E-state index in [0.717, 1.165) is 33.5 Å². The molecule has 0 spiro atoms. The topological polar surface area (TPSA) is 99.8 Å². The third-order valence-corrected chi connectivity index (χ3v) is 8.92. The van der Waals surface area contributed by atoms with E-state index in [1.165, 1.54) is 4.31 Å². The minimum Gasteiger partial charge on any atom is -0.395 e. The molecule has 0 aliphatic carbocycles. The van der Waals surface area contributed by atoms with E-state index in [1.807, 2.05) is 43.3 Å². The Labute approximate surface area is 206 Å². The molecule has 2 aromatic carbocycles. The average molecular weight is 542 g/mol. The molecule has 2 aromatic heterocycles. The van der Waals surface area contributed by atoms with Gasteiger partial charge in [-0.25, -0.2) is 13.4 Å². The van der Waals surface area contributed by atoms with Crippen molar-refractivity contribution in [2.75, 3.05) is 18.5 Å². The van der Waals surface area contributed by atoms with Crippen molar-refractivity contribution in [3.63, 3.8) is 0 Å². The number of aliphatic hydroxyl groups excluding tert-OH is 1. The van der Waals surface area contributed by atoms with E-state index in [2.05, 4.69) is 26.3 Å². The summed E-state index contributed by atoms with van der Waals surface area (Å²) in [6.45, 7) is 2.17. The summed E-state index contributed by atoms with van der Waals surface area (Å²) < 4.78 is 30.1. The molecule has 8 nitrogen and oxygen atoms in total. The van der Waals surface area contributed by atoms with Gasteiger partial charge in [-0.05, 0) is 60.0 Å². The lowest BCUT2D eigenvalue weighted by molar-refractivity contribution is 0.213. The summed E-state index contributed by atoms with van der Waals surface area (Å²) in [7, 11) is -3.66. The molecule has 0 bridgehead atoms. The van der Waals surface area contributed by atoms with Gasteiger partial charge >= 0.3 is 0 Å².